The first-order valence-corrected chi connectivity index (χ1v) is 7.40. The first-order valence-electron chi connectivity index (χ1n) is 7.40. The molecule has 2 nitrogen and oxygen atoms in total. The average molecular weight is 289 g/mol. The van der Waals surface area contributed by atoms with Gasteiger partial charge in [-0.3, -0.25) is 0 Å². The van der Waals surface area contributed by atoms with Crippen LogP contribution in [0.2, 0.25) is 0 Å². The lowest BCUT2D eigenvalue weighted by Gasteiger charge is -2.20. The number of aromatic hydroxyl groups is 1. The summed E-state index contributed by atoms with van der Waals surface area (Å²) < 4.78 is 0. The highest BCUT2D eigenvalue weighted by Crippen LogP contribution is 2.36. The fourth-order valence-electron chi connectivity index (χ4n) is 2.77. The maximum atomic E-state index is 10.3. The Labute approximate surface area is 131 Å². The van der Waals surface area contributed by atoms with Crippen molar-refractivity contribution in [1.29, 1.82) is 0 Å². The molecule has 1 atom stereocenters. The molecule has 3 aromatic carbocycles. The molecular formula is C20H19NO. The number of rotatable bonds is 4. The molecule has 1 unspecified atom stereocenters. The smallest absolute Gasteiger partial charge is 0.119 e. The molecule has 0 spiro atoms. The average Bonchev–Trinajstić information content (AvgIpc) is 2.58. The van der Waals surface area contributed by atoms with Crippen molar-refractivity contribution in [3.63, 3.8) is 0 Å². The number of phenols is 1. The number of hydrogen-bond donors (Lipinski definition) is 2. The Balaban J connectivity index is 2.12. The van der Waals surface area contributed by atoms with Crippen LogP contribution in [0.4, 0.5) is 5.69 Å². The molecule has 3 aromatic rings. The van der Waals surface area contributed by atoms with Crippen molar-refractivity contribution in [2.24, 2.45) is 0 Å². The van der Waals surface area contributed by atoms with Crippen molar-refractivity contribution in [3.8, 4) is 5.75 Å². The van der Waals surface area contributed by atoms with E-state index in [1.165, 1.54) is 5.56 Å². The quantitative estimate of drug-likeness (QED) is 0.687. The molecule has 2 N–H and O–H groups in total. The van der Waals surface area contributed by atoms with Gasteiger partial charge in [0.1, 0.15) is 5.75 Å². The minimum absolute atomic E-state index is 0.0216. The maximum absolute atomic E-state index is 10.3. The van der Waals surface area contributed by atoms with E-state index in [1.54, 1.807) is 6.07 Å². The Morgan fingerprint density at radius 1 is 0.727 bits per heavy atom. The van der Waals surface area contributed by atoms with Gasteiger partial charge >= 0.3 is 0 Å². The molecule has 3 rings (SSSR count). The Morgan fingerprint density at radius 3 is 1.95 bits per heavy atom. The van der Waals surface area contributed by atoms with E-state index in [0.29, 0.717) is 5.75 Å². The second kappa shape index (κ2) is 6.35. The second-order valence-corrected chi connectivity index (χ2v) is 5.27. The standard InChI is InChI=1S/C20H19NO/c1-21-17-13-11-16(12-14-17)20(15-7-3-2-4-8-15)18-9-5-6-10-19(18)22/h2-14,20-22H,1H3. The summed E-state index contributed by atoms with van der Waals surface area (Å²) in [5, 5.41) is 13.4. The van der Waals surface area contributed by atoms with E-state index in [9.17, 15) is 5.11 Å². The van der Waals surface area contributed by atoms with Crippen LogP contribution in [0.3, 0.4) is 0 Å². The van der Waals surface area contributed by atoms with Crippen molar-refractivity contribution < 1.29 is 5.11 Å². The highest BCUT2D eigenvalue weighted by atomic mass is 16.3. The van der Waals surface area contributed by atoms with Gasteiger partial charge in [0, 0.05) is 24.2 Å². The predicted molar refractivity (Wildman–Crippen MR) is 91.5 cm³/mol. The van der Waals surface area contributed by atoms with Crippen LogP contribution in [0.1, 0.15) is 22.6 Å². The minimum Gasteiger partial charge on any atom is -0.508 e. The third kappa shape index (κ3) is 2.82. The van der Waals surface area contributed by atoms with E-state index in [1.807, 2.05) is 43.4 Å². The summed E-state index contributed by atoms with van der Waals surface area (Å²) in [5.74, 6) is 0.349. The van der Waals surface area contributed by atoms with Gasteiger partial charge in [0.2, 0.25) is 0 Å². The fourth-order valence-corrected chi connectivity index (χ4v) is 2.77. The zero-order chi connectivity index (χ0) is 15.4. The monoisotopic (exact) mass is 289 g/mol. The second-order valence-electron chi connectivity index (χ2n) is 5.27. The molecule has 0 fully saturated rings. The zero-order valence-electron chi connectivity index (χ0n) is 12.5. The molecule has 0 heterocycles. The molecule has 2 heteroatoms. The summed E-state index contributed by atoms with van der Waals surface area (Å²) in [7, 11) is 1.91. The van der Waals surface area contributed by atoms with Gasteiger partial charge in [-0.25, -0.2) is 0 Å². The molecule has 0 aliphatic heterocycles. The van der Waals surface area contributed by atoms with E-state index >= 15 is 0 Å². The summed E-state index contributed by atoms with van der Waals surface area (Å²) >= 11 is 0. The first-order chi connectivity index (χ1) is 10.8. The molecule has 0 aliphatic carbocycles. The summed E-state index contributed by atoms with van der Waals surface area (Å²) in [5.41, 5.74) is 4.33. The SMILES string of the molecule is CNc1ccc(C(c2ccccc2)c2ccccc2O)cc1. The van der Waals surface area contributed by atoms with Crippen molar-refractivity contribution in [2.75, 3.05) is 12.4 Å². The van der Waals surface area contributed by atoms with Crippen LogP contribution in [0.25, 0.3) is 0 Å². The lowest BCUT2D eigenvalue weighted by molar-refractivity contribution is 0.467. The van der Waals surface area contributed by atoms with Crippen molar-refractivity contribution in [2.45, 2.75) is 5.92 Å². The fraction of sp³-hybridized carbons (Fsp3) is 0.100. The zero-order valence-corrected chi connectivity index (χ0v) is 12.5. The van der Waals surface area contributed by atoms with Gasteiger partial charge in [-0.15, -0.1) is 0 Å². The van der Waals surface area contributed by atoms with E-state index in [2.05, 4.69) is 41.7 Å². The number of anilines is 1. The third-order valence-electron chi connectivity index (χ3n) is 3.91. The van der Waals surface area contributed by atoms with Crippen molar-refractivity contribution in [3.05, 3.63) is 95.6 Å². The molecule has 110 valence electrons. The summed E-state index contributed by atoms with van der Waals surface area (Å²) in [4.78, 5) is 0. The molecule has 0 aliphatic rings. The number of benzene rings is 3. The Kier molecular flexibility index (Phi) is 4.10. The van der Waals surface area contributed by atoms with Crippen LogP contribution >= 0.6 is 0 Å². The summed E-state index contributed by atoms with van der Waals surface area (Å²) in [6.45, 7) is 0. The van der Waals surface area contributed by atoms with E-state index in [0.717, 1.165) is 16.8 Å². The molecule has 0 bridgehead atoms. The maximum Gasteiger partial charge on any atom is 0.119 e. The number of para-hydroxylation sites is 1. The highest BCUT2D eigenvalue weighted by molar-refractivity contribution is 5.52. The van der Waals surface area contributed by atoms with E-state index < -0.39 is 0 Å². The van der Waals surface area contributed by atoms with Gasteiger partial charge in [0.25, 0.3) is 0 Å². The Bertz CT molecular complexity index is 735. The summed E-state index contributed by atoms with van der Waals surface area (Å²) in [6, 6.07) is 26.2. The largest absolute Gasteiger partial charge is 0.508 e. The van der Waals surface area contributed by atoms with E-state index in [4.69, 9.17) is 0 Å². The molecule has 0 amide bonds. The Hall–Kier alpha value is -2.74. The molecule has 0 saturated carbocycles. The number of hydrogen-bond acceptors (Lipinski definition) is 2. The first kappa shape index (κ1) is 14.2. The molecule has 0 aromatic heterocycles. The number of phenolic OH excluding ortho intramolecular Hbond substituents is 1. The lowest BCUT2D eigenvalue weighted by atomic mass is 9.84. The van der Waals surface area contributed by atoms with Gasteiger partial charge in [0.05, 0.1) is 0 Å². The highest BCUT2D eigenvalue weighted by Gasteiger charge is 2.19. The van der Waals surface area contributed by atoms with Crippen LogP contribution in [0, 0.1) is 0 Å². The van der Waals surface area contributed by atoms with Gasteiger partial charge in [-0.1, -0.05) is 60.7 Å². The van der Waals surface area contributed by atoms with E-state index in [-0.39, 0.29) is 5.92 Å². The van der Waals surface area contributed by atoms with Crippen LogP contribution < -0.4 is 5.32 Å². The van der Waals surface area contributed by atoms with Crippen LogP contribution in [0.5, 0.6) is 5.75 Å². The topological polar surface area (TPSA) is 32.3 Å². The van der Waals surface area contributed by atoms with Gasteiger partial charge in [-0.2, -0.15) is 0 Å². The normalized spacial score (nSPS) is 11.9. The summed E-state index contributed by atoms with van der Waals surface area (Å²) in [6.07, 6.45) is 0. The molecule has 0 radical (unpaired) electrons. The van der Waals surface area contributed by atoms with Gasteiger partial charge in [-0.05, 0) is 29.3 Å². The number of nitrogens with one attached hydrogen (secondary N) is 1. The van der Waals surface area contributed by atoms with Crippen molar-refractivity contribution >= 4 is 5.69 Å². The molecule has 0 saturated heterocycles. The van der Waals surface area contributed by atoms with Crippen LogP contribution in [0.15, 0.2) is 78.9 Å². The lowest BCUT2D eigenvalue weighted by Crippen LogP contribution is -2.04. The third-order valence-corrected chi connectivity index (χ3v) is 3.91. The Morgan fingerprint density at radius 2 is 1.32 bits per heavy atom. The van der Waals surface area contributed by atoms with Crippen molar-refractivity contribution in [1.82, 2.24) is 0 Å². The van der Waals surface area contributed by atoms with Crippen LogP contribution in [-0.4, -0.2) is 12.2 Å². The van der Waals surface area contributed by atoms with Crippen LogP contribution in [-0.2, 0) is 0 Å². The molecule has 22 heavy (non-hydrogen) atoms. The minimum atomic E-state index is 0.0216. The van der Waals surface area contributed by atoms with Gasteiger partial charge in [0.15, 0.2) is 0 Å². The molecular weight excluding hydrogens is 270 g/mol. The van der Waals surface area contributed by atoms with Gasteiger partial charge < -0.3 is 10.4 Å². The predicted octanol–water partition coefficient (Wildman–Crippen LogP) is 4.61.